The molecule has 28 heavy (non-hydrogen) atoms. The van der Waals surface area contributed by atoms with E-state index in [4.69, 9.17) is 16.3 Å². The minimum Gasteiger partial charge on any atom is -0.491 e. The number of β-amino-alcohol motifs (C(OH)–C–C–N with tert-alkyl or cyclic N) is 1. The smallest absolute Gasteiger partial charge is 0.119 e. The molecule has 0 aliphatic carbocycles. The molecule has 0 saturated carbocycles. The summed E-state index contributed by atoms with van der Waals surface area (Å²) in [7, 11) is 0. The monoisotopic (exact) mass is 424 g/mol. The van der Waals surface area contributed by atoms with Gasteiger partial charge in [0.2, 0.25) is 0 Å². The van der Waals surface area contributed by atoms with Crippen molar-refractivity contribution in [3.63, 3.8) is 0 Å². The van der Waals surface area contributed by atoms with Crippen LogP contribution in [-0.2, 0) is 6.42 Å². The molecule has 0 amide bonds. The van der Waals surface area contributed by atoms with Crippen molar-refractivity contribution in [2.45, 2.75) is 25.9 Å². The minimum atomic E-state index is -0.488. The second kappa shape index (κ2) is 11.5. The van der Waals surface area contributed by atoms with Crippen LogP contribution in [0, 0.1) is 0 Å². The van der Waals surface area contributed by atoms with E-state index in [1.807, 2.05) is 30.3 Å². The van der Waals surface area contributed by atoms with Crippen LogP contribution < -0.4 is 9.64 Å². The fraction of sp³-hybridized carbons (Fsp3) is 0.455. The first-order valence-corrected chi connectivity index (χ1v) is 10.1. The summed E-state index contributed by atoms with van der Waals surface area (Å²) in [5.74, 6) is 0.819. The summed E-state index contributed by atoms with van der Waals surface area (Å²) in [4.78, 5) is 4.63. The number of rotatable bonds is 8. The minimum absolute atomic E-state index is 0. The van der Waals surface area contributed by atoms with Crippen LogP contribution in [0.2, 0.25) is 5.02 Å². The number of benzene rings is 2. The van der Waals surface area contributed by atoms with Crippen LogP contribution in [0.5, 0.6) is 5.75 Å². The summed E-state index contributed by atoms with van der Waals surface area (Å²) in [6, 6.07) is 16.2. The van der Waals surface area contributed by atoms with Gasteiger partial charge in [-0.05, 0) is 42.3 Å². The molecule has 1 aliphatic heterocycles. The van der Waals surface area contributed by atoms with Crippen LogP contribution >= 0.6 is 24.0 Å². The van der Waals surface area contributed by atoms with Crippen molar-refractivity contribution in [1.82, 2.24) is 4.90 Å². The molecule has 1 aliphatic rings. The fourth-order valence-electron chi connectivity index (χ4n) is 3.45. The van der Waals surface area contributed by atoms with Crippen molar-refractivity contribution in [1.29, 1.82) is 0 Å². The van der Waals surface area contributed by atoms with Crippen LogP contribution in [0.3, 0.4) is 0 Å². The molecule has 1 heterocycles. The summed E-state index contributed by atoms with van der Waals surface area (Å²) in [6.45, 7) is 6.86. The molecular weight excluding hydrogens is 395 g/mol. The molecule has 1 saturated heterocycles. The Kier molecular flexibility index (Phi) is 9.39. The maximum atomic E-state index is 10.3. The number of hydrogen-bond donors (Lipinski definition) is 1. The highest BCUT2D eigenvalue weighted by Crippen LogP contribution is 2.21. The molecule has 0 bridgehead atoms. The Hall–Kier alpha value is -1.46. The van der Waals surface area contributed by atoms with Gasteiger partial charge in [0.05, 0.1) is 0 Å². The Morgan fingerprint density at radius 2 is 1.79 bits per heavy atom. The highest BCUT2D eigenvalue weighted by Gasteiger charge is 2.20. The molecule has 2 aromatic carbocycles. The zero-order valence-electron chi connectivity index (χ0n) is 16.4. The lowest BCUT2D eigenvalue weighted by Crippen LogP contribution is -2.49. The second-order valence-corrected chi connectivity index (χ2v) is 7.56. The number of ether oxygens (including phenoxy) is 1. The first-order chi connectivity index (χ1) is 13.1. The van der Waals surface area contributed by atoms with Gasteiger partial charge in [-0.15, -0.1) is 12.4 Å². The SMILES string of the molecule is CCCc1ccc(OCC(O)CN2CCN(c3cccc(Cl)c3)CC2)cc1.Cl. The van der Waals surface area contributed by atoms with Crippen molar-refractivity contribution >= 4 is 29.7 Å². The summed E-state index contributed by atoms with van der Waals surface area (Å²) in [6.07, 6.45) is 1.74. The van der Waals surface area contributed by atoms with E-state index in [1.54, 1.807) is 0 Å². The molecule has 0 radical (unpaired) electrons. The van der Waals surface area contributed by atoms with E-state index >= 15 is 0 Å². The van der Waals surface area contributed by atoms with E-state index in [-0.39, 0.29) is 12.4 Å². The van der Waals surface area contributed by atoms with Crippen LogP contribution in [-0.4, -0.2) is 55.4 Å². The van der Waals surface area contributed by atoms with E-state index in [2.05, 4.69) is 34.9 Å². The third-order valence-electron chi connectivity index (χ3n) is 4.92. The van der Waals surface area contributed by atoms with E-state index in [9.17, 15) is 5.11 Å². The number of nitrogens with zero attached hydrogens (tertiary/aromatic N) is 2. The van der Waals surface area contributed by atoms with Crippen LogP contribution in [0.1, 0.15) is 18.9 Å². The maximum absolute atomic E-state index is 10.3. The first kappa shape index (κ1) is 22.8. The van der Waals surface area contributed by atoms with Gasteiger partial charge in [0.25, 0.3) is 0 Å². The van der Waals surface area contributed by atoms with Crippen LogP contribution in [0.4, 0.5) is 5.69 Å². The number of aryl methyl sites for hydroxylation is 1. The van der Waals surface area contributed by atoms with Gasteiger partial charge in [-0.25, -0.2) is 0 Å². The topological polar surface area (TPSA) is 35.9 Å². The third kappa shape index (κ3) is 6.85. The largest absolute Gasteiger partial charge is 0.491 e. The van der Waals surface area contributed by atoms with Gasteiger partial charge < -0.3 is 14.7 Å². The van der Waals surface area contributed by atoms with Crippen LogP contribution in [0.25, 0.3) is 0 Å². The normalized spacial score (nSPS) is 15.8. The first-order valence-electron chi connectivity index (χ1n) is 9.76. The molecule has 1 atom stereocenters. The standard InChI is InChI=1S/C22H29ClN2O2.ClH/c1-2-4-18-7-9-22(10-8-18)27-17-21(26)16-24-11-13-25(14-12-24)20-6-3-5-19(23)15-20;/h3,5-10,15,21,26H,2,4,11-14,16-17H2,1H3;1H. The van der Waals surface area contributed by atoms with Crippen molar-refractivity contribution in [2.75, 3.05) is 44.2 Å². The summed E-state index contributed by atoms with van der Waals surface area (Å²) in [5, 5.41) is 11.1. The fourth-order valence-corrected chi connectivity index (χ4v) is 3.63. The van der Waals surface area contributed by atoms with Gasteiger partial charge in [0.15, 0.2) is 0 Å². The summed E-state index contributed by atoms with van der Waals surface area (Å²) >= 11 is 6.09. The number of hydrogen-bond acceptors (Lipinski definition) is 4. The third-order valence-corrected chi connectivity index (χ3v) is 5.15. The van der Waals surface area contributed by atoms with Gasteiger partial charge >= 0.3 is 0 Å². The van der Waals surface area contributed by atoms with E-state index in [0.29, 0.717) is 13.2 Å². The Balaban J connectivity index is 0.00000280. The van der Waals surface area contributed by atoms with E-state index in [1.165, 1.54) is 5.56 Å². The maximum Gasteiger partial charge on any atom is 0.119 e. The predicted octanol–water partition coefficient (Wildman–Crippen LogP) is 4.28. The van der Waals surface area contributed by atoms with Gasteiger partial charge in [-0.1, -0.05) is 43.1 Å². The van der Waals surface area contributed by atoms with Crippen molar-refractivity contribution in [3.05, 3.63) is 59.1 Å². The molecule has 1 unspecified atom stereocenters. The number of halogens is 2. The molecule has 154 valence electrons. The van der Waals surface area contributed by atoms with Gasteiger partial charge in [0.1, 0.15) is 18.5 Å². The van der Waals surface area contributed by atoms with Gasteiger partial charge in [0, 0.05) is 43.4 Å². The average Bonchev–Trinajstić information content (AvgIpc) is 2.68. The Labute approximate surface area is 179 Å². The zero-order chi connectivity index (χ0) is 19.1. The van der Waals surface area contributed by atoms with E-state index < -0.39 is 6.10 Å². The zero-order valence-corrected chi connectivity index (χ0v) is 18.0. The predicted molar refractivity (Wildman–Crippen MR) is 119 cm³/mol. The highest BCUT2D eigenvalue weighted by atomic mass is 35.5. The molecule has 1 fully saturated rings. The van der Waals surface area contributed by atoms with Crippen molar-refractivity contribution in [2.24, 2.45) is 0 Å². The number of piperazine rings is 1. The van der Waals surface area contributed by atoms with Gasteiger partial charge in [-0.3, -0.25) is 4.90 Å². The average molecular weight is 425 g/mol. The molecule has 3 rings (SSSR count). The highest BCUT2D eigenvalue weighted by molar-refractivity contribution is 6.30. The van der Waals surface area contributed by atoms with Gasteiger partial charge in [-0.2, -0.15) is 0 Å². The molecule has 1 N–H and O–H groups in total. The lowest BCUT2D eigenvalue weighted by molar-refractivity contribution is 0.0663. The molecule has 0 spiro atoms. The van der Waals surface area contributed by atoms with Crippen LogP contribution in [0.15, 0.2) is 48.5 Å². The quantitative estimate of drug-likeness (QED) is 0.685. The number of anilines is 1. The number of aliphatic hydroxyl groups is 1. The molecule has 2 aromatic rings. The molecule has 0 aromatic heterocycles. The molecular formula is C22H30Cl2N2O2. The summed E-state index contributed by atoms with van der Waals surface area (Å²) in [5.41, 5.74) is 2.49. The summed E-state index contributed by atoms with van der Waals surface area (Å²) < 4.78 is 5.74. The lowest BCUT2D eigenvalue weighted by atomic mass is 10.1. The van der Waals surface area contributed by atoms with E-state index in [0.717, 1.165) is 55.5 Å². The number of aliphatic hydroxyl groups excluding tert-OH is 1. The second-order valence-electron chi connectivity index (χ2n) is 7.13. The van der Waals surface area contributed by atoms with Crippen molar-refractivity contribution < 1.29 is 9.84 Å². The Morgan fingerprint density at radius 1 is 1.07 bits per heavy atom. The molecule has 6 heteroatoms. The Bertz CT molecular complexity index is 704. The molecule has 4 nitrogen and oxygen atoms in total. The van der Waals surface area contributed by atoms with Crippen molar-refractivity contribution in [3.8, 4) is 5.75 Å². The lowest BCUT2D eigenvalue weighted by Gasteiger charge is -2.36. The Morgan fingerprint density at radius 3 is 2.43 bits per heavy atom.